The van der Waals surface area contributed by atoms with E-state index in [0.29, 0.717) is 5.56 Å². The molecule has 2 aromatic carbocycles. The molecule has 3 heteroatoms. The molecule has 0 saturated carbocycles. The van der Waals surface area contributed by atoms with Gasteiger partial charge in [-0.25, -0.2) is 4.39 Å². The van der Waals surface area contributed by atoms with E-state index in [1.807, 2.05) is 24.3 Å². The SMILES string of the molecule is Cc1cc(F)cc(CC(C(=O)O)c2ccccc2)c1. The highest BCUT2D eigenvalue weighted by molar-refractivity contribution is 5.76. The standard InChI is InChI=1S/C16H15FO2/c1-11-7-12(9-14(17)8-11)10-15(16(18)19)13-5-3-2-4-6-13/h2-9,15H,10H2,1H3,(H,18,19). The van der Waals surface area contributed by atoms with Gasteiger partial charge in [-0.15, -0.1) is 0 Å². The molecule has 1 atom stereocenters. The van der Waals surface area contributed by atoms with Gasteiger partial charge >= 0.3 is 5.97 Å². The third-order valence-electron chi connectivity index (χ3n) is 3.04. The maximum Gasteiger partial charge on any atom is 0.311 e. The number of aryl methyl sites for hydroxylation is 1. The van der Waals surface area contributed by atoms with Crippen LogP contribution < -0.4 is 0 Å². The zero-order valence-corrected chi connectivity index (χ0v) is 10.6. The van der Waals surface area contributed by atoms with Crippen molar-refractivity contribution < 1.29 is 14.3 Å². The first kappa shape index (κ1) is 13.3. The van der Waals surface area contributed by atoms with Crippen LogP contribution in [0.25, 0.3) is 0 Å². The molecule has 0 aliphatic rings. The van der Waals surface area contributed by atoms with Crippen molar-refractivity contribution in [1.29, 1.82) is 0 Å². The highest BCUT2D eigenvalue weighted by atomic mass is 19.1. The second-order valence-corrected chi connectivity index (χ2v) is 4.64. The minimum absolute atomic E-state index is 0.290. The van der Waals surface area contributed by atoms with Gasteiger partial charge in [0.15, 0.2) is 0 Å². The lowest BCUT2D eigenvalue weighted by Crippen LogP contribution is -2.14. The van der Waals surface area contributed by atoms with Crippen LogP contribution in [0.1, 0.15) is 22.6 Å². The molecular formula is C16H15FO2. The second kappa shape index (κ2) is 5.65. The lowest BCUT2D eigenvalue weighted by Gasteiger charge is -2.13. The lowest BCUT2D eigenvalue weighted by molar-refractivity contribution is -0.138. The molecular weight excluding hydrogens is 243 g/mol. The number of benzene rings is 2. The van der Waals surface area contributed by atoms with Crippen molar-refractivity contribution >= 4 is 5.97 Å². The molecule has 98 valence electrons. The Morgan fingerprint density at radius 3 is 2.47 bits per heavy atom. The van der Waals surface area contributed by atoms with Crippen LogP contribution in [0.5, 0.6) is 0 Å². The summed E-state index contributed by atoms with van der Waals surface area (Å²) in [7, 11) is 0. The van der Waals surface area contributed by atoms with Crippen molar-refractivity contribution in [2.24, 2.45) is 0 Å². The monoisotopic (exact) mass is 258 g/mol. The molecule has 0 spiro atoms. The van der Waals surface area contributed by atoms with Crippen LogP contribution in [-0.2, 0) is 11.2 Å². The summed E-state index contributed by atoms with van der Waals surface area (Å²) in [5, 5.41) is 9.33. The number of rotatable bonds is 4. The molecule has 0 saturated heterocycles. The molecule has 0 radical (unpaired) electrons. The third kappa shape index (κ3) is 3.41. The topological polar surface area (TPSA) is 37.3 Å². The van der Waals surface area contributed by atoms with Crippen LogP contribution in [0.4, 0.5) is 4.39 Å². The fraction of sp³-hybridized carbons (Fsp3) is 0.188. The number of halogens is 1. The summed E-state index contributed by atoms with van der Waals surface area (Å²) < 4.78 is 13.3. The van der Waals surface area contributed by atoms with Gasteiger partial charge in [-0.05, 0) is 42.2 Å². The molecule has 2 rings (SSSR count). The van der Waals surface area contributed by atoms with E-state index in [2.05, 4.69) is 0 Å². The van der Waals surface area contributed by atoms with Gasteiger partial charge in [-0.3, -0.25) is 4.79 Å². The van der Waals surface area contributed by atoms with Gasteiger partial charge in [0.1, 0.15) is 5.82 Å². The molecule has 2 nitrogen and oxygen atoms in total. The summed E-state index contributed by atoms with van der Waals surface area (Å²) >= 11 is 0. The Labute approximate surface area is 111 Å². The maximum atomic E-state index is 13.3. The summed E-state index contributed by atoms with van der Waals surface area (Å²) in [4.78, 5) is 11.4. The Balaban J connectivity index is 2.29. The van der Waals surface area contributed by atoms with E-state index in [9.17, 15) is 14.3 Å². The van der Waals surface area contributed by atoms with Gasteiger partial charge in [0, 0.05) is 0 Å². The second-order valence-electron chi connectivity index (χ2n) is 4.64. The zero-order chi connectivity index (χ0) is 13.8. The van der Waals surface area contributed by atoms with Gasteiger partial charge in [0.05, 0.1) is 5.92 Å². The summed E-state index contributed by atoms with van der Waals surface area (Å²) in [5.74, 6) is -1.87. The highest BCUT2D eigenvalue weighted by Gasteiger charge is 2.20. The average molecular weight is 258 g/mol. The van der Waals surface area contributed by atoms with Crippen molar-refractivity contribution in [3.8, 4) is 0 Å². The highest BCUT2D eigenvalue weighted by Crippen LogP contribution is 2.22. The Bertz CT molecular complexity index is 558. The molecule has 0 fully saturated rings. The predicted molar refractivity (Wildman–Crippen MR) is 71.7 cm³/mol. The van der Waals surface area contributed by atoms with E-state index < -0.39 is 11.9 Å². The van der Waals surface area contributed by atoms with Crippen LogP contribution in [0.2, 0.25) is 0 Å². The van der Waals surface area contributed by atoms with Crippen molar-refractivity contribution in [3.63, 3.8) is 0 Å². The minimum atomic E-state index is -0.895. The van der Waals surface area contributed by atoms with Crippen LogP contribution in [0.15, 0.2) is 48.5 Å². The number of aliphatic carboxylic acids is 1. The predicted octanol–water partition coefficient (Wildman–Crippen LogP) is 3.55. The van der Waals surface area contributed by atoms with Gasteiger partial charge in [0.2, 0.25) is 0 Å². The van der Waals surface area contributed by atoms with Crippen LogP contribution in [-0.4, -0.2) is 11.1 Å². The van der Waals surface area contributed by atoms with E-state index in [4.69, 9.17) is 0 Å². The Kier molecular flexibility index (Phi) is 3.95. The summed E-state index contributed by atoms with van der Waals surface area (Å²) in [6.45, 7) is 1.80. The van der Waals surface area contributed by atoms with E-state index in [1.165, 1.54) is 12.1 Å². The Morgan fingerprint density at radius 1 is 1.21 bits per heavy atom. The van der Waals surface area contributed by atoms with Gasteiger partial charge in [0.25, 0.3) is 0 Å². The molecule has 0 amide bonds. The molecule has 19 heavy (non-hydrogen) atoms. The van der Waals surface area contributed by atoms with Crippen molar-refractivity contribution in [2.75, 3.05) is 0 Å². The van der Waals surface area contributed by atoms with Crippen molar-refractivity contribution in [2.45, 2.75) is 19.3 Å². The molecule has 0 aromatic heterocycles. The quantitative estimate of drug-likeness (QED) is 0.910. The number of carboxylic acid groups (broad SMARTS) is 1. The van der Waals surface area contributed by atoms with E-state index in [1.54, 1.807) is 19.1 Å². The number of carbonyl (C=O) groups is 1. The first-order chi connectivity index (χ1) is 9.06. The summed E-state index contributed by atoms with van der Waals surface area (Å²) in [5.41, 5.74) is 2.23. The first-order valence-electron chi connectivity index (χ1n) is 6.10. The molecule has 0 aliphatic carbocycles. The zero-order valence-electron chi connectivity index (χ0n) is 10.6. The van der Waals surface area contributed by atoms with Crippen LogP contribution in [0.3, 0.4) is 0 Å². The lowest BCUT2D eigenvalue weighted by atomic mass is 9.91. The van der Waals surface area contributed by atoms with E-state index >= 15 is 0 Å². The molecule has 1 unspecified atom stereocenters. The Hall–Kier alpha value is -2.16. The van der Waals surface area contributed by atoms with E-state index in [0.717, 1.165) is 11.1 Å². The third-order valence-corrected chi connectivity index (χ3v) is 3.04. The summed E-state index contributed by atoms with van der Waals surface area (Å²) in [6.07, 6.45) is 0.290. The van der Waals surface area contributed by atoms with Crippen LogP contribution in [0, 0.1) is 12.7 Å². The fourth-order valence-electron chi connectivity index (χ4n) is 2.20. The maximum absolute atomic E-state index is 13.3. The normalized spacial score (nSPS) is 12.1. The number of hydrogen-bond acceptors (Lipinski definition) is 1. The van der Waals surface area contributed by atoms with Crippen LogP contribution >= 0.6 is 0 Å². The van der Waals surface area contributed by atoms with E-state index in [-0.39, 0.29) is 12.2 Å². The first-order valence-corrected chi connectivity index (χ1v) is 6.10. The summed E-state index contributed by atoms with van der Waals surface area (Å²) in [6, 6.07) is 13.7. The average Bonchev–Trinajstić information content (AvgIpc) is 2.35. The van der Waals surface area contributed by atoms with Gasteiger partial charge in [-0.2, -0.15) is 0 Å². The number of carboxylic acids is 1. The van der Waals surface area contributed by atoms with Crippen molar-refractivity contribution in [1.82, 2.24) is 0 Å². The Morgan fingerprint density at radius 2 is 1.89 bits per heavy atom. The molecule has 0 bridgehead atoms. The number of hydrogen-bond donors (Lipinski definition) is 1. The van der Waals surface area contributed by atoms with Crippen molar-refractivity contribution in [3.05, 3.63) is 71.0 Å². The fourth-order valence-corrected chi connectivity index (χ4v) is 2.20. The molecule has 0 heterocycles. The van der Waals surface area contributed by atoms with Gasteiger partial charge < -0.3 is 5.11 Å². The molecule has 1 N–H and O–H groups in total. The smallest absolute Gasteiger partial charge is 0.311 e. The largest absolute Gasteiger partial charge is 0.481 e. The molecule has 0 aliphatic heterocycles. The molecule has 2 aromatic rings. The van der Waals surface area contributed by atoms with Gasteiger partial charge in [-0.1, -0.05) is 36.4 Å². The minimum Gasteiger partial charge on any atom is -0.481 e.